The van der Waals surface area contributed by atoms with E-state index in [0.29, 0.717) is 28.2 Å². The second-order valence-electron chi connectivity index (χ2n) is 7.36. The predicted molar refractivity (Wildman–Crippen MR) is 120 cm³/mol. The Balaban J connectivity index is 1.20. The molecule has 1 atom stereocenters. The fourth-order valence-corrected chi connectivity index (χ4v) is 4.17. The molecule has 0 spiro atoms. The summed E-state index contributed by atoms with van der Waals surface area (Å²) in [6.45, 7) is 0. The summed E-state index contributed by atoms with van der Waals surface area (Å²) < 4.78 is 19.5. The van der Waals surface area contributed by atoms with Gasteiger partial charge in [-0.05, 0) is 60.4 Å². The number of aliphatic hydroxyl groups is 1. The Bertz CT molecular complexity index is 1230. The van der Waals surface area contributed by atoms with Gasteiger partial charge in [-0.15, -0.1) is 5.10 Å². The van der Waals surface area contributed by atoms with Crippen LogP contribution >= 0.6 is 11.8 Å². The Kier molecular flexibility index (Phi) is 5.74. The zero-order valence-corrected chi connectivity index (χ0v) is 17.8. The van der Waals surface area contributed by atoms with E-state index < -0.39 is 6.23 Å². The number of halogens is 1. The fraction of sp³-hybridized carbons (Fsp3) is 0.174. The molecule has 3 N–H and O–H groups in total. The largest absolute Gasteiger partial charge is 0.457 e. The molecule has 4 aromatic rings. The van der Waals surface area contributed by atoms with Crippen LogP contribution in [0.15, 0.2) is 66.1 Å². The zero-order chi connectivity index (χ0) is 21.9. The summed E-state index contributed by atoms with van der Waals surface area (Å²) in [5, 5.41) is 21.1. The van der Waals surface area contributed by atoms with Crippen LogP contribution in [-0.4, -0.2) is 37.3 Å². The van der Waals surface area contributed by atoms with Crippen molar-refractivity contribution in [3.8, 4) is 22.9 Å². The number of aromatic nitrogens is 4. The van der Waals surface area contributed by atoms with Gasteiger partial charge in [-0.2, -0.15) is 0 Å². The summed E-state index contributed by atoms with van der Waals surface area (Å²) >= 11 is 1.34. The molecule has 1 aliphatic heterocycles. The molecule has 9 heteroatoms. The maximum absolute atomic E-state index is 13.6. The molecule has 0 amide bonds. The summed E-state index contributed by atoms with van der Waals surface area (Å²) in [4.78, 5) is 8.50. The van der Waals surface area contributed by atoms with Crippen LogP contribution in [0.5, 0.6) is 11.5 Å². The molecule has 0 bridgehead atoms. The van der Waals surface area contributed by atoms with Crippen LogP contribution in [0.2, 0.25) is 0 Å². The second kappa shape index (κ2) is 8.97. The minimum atomic E-state index is -0.795. The average molecular weight is 450 g/mol. The zero-order valence-electron chi connectivity index (χ0n) is 17.0. The first-order valence-corrected chi connectivity index (χ1v) is 11.1. The van der Waals surface area contributed by atoms with E-state index in [1.54, 1.807) is 18.5 Å². The number of hydrogen-bond donors (Lipinski definition) is 3. The molecule has 162 valence electrons. The standard InChI is InChI=1S/C23H20FN5O2S/c24-17-6-5-14-3-4-15-10-18(7-8-19(15)31-20(14)11-17)26-21(30)13-32-23-27-22(28-29-23)16-2-1-9-25-12-16/h1-2,5-12,21,26,30H,3-4,13H2,(H,27,28,29). The number of ether oxygens (including phenoxy) is 1. The van der Waals surface area contributed by atoms with Gasteiger partial charge in [0.25, 0.3) is 0 Å². The molecular weight excluding hydrogens is 429 g/mol. The Morgan fingerprint density at radius 1 is 1.12 bits per heavy atom. The van der Waals surface area contributed by atoms with Gasteiger partial charge in [0.1, 0.15) is 23.5 Å². The van der Waals surface area contributed by atoms with Gasteiger partial charge in [-0.1, -0.05) is 17.8 Å². The molecule has 7 nitrogen and oxygen atoms in total. The molecule has 1 unspecified atom stereocenters. The maximum atomic E-state index is 13.6. The van der Waals surface area contributed by atoms with E-state index in [-0.39, 0.29) is 5.82 Å². The maximum Gasteiger partial charge on any atom is 0.208 e. The SMILES string of the molecule is OC(CSc1n[nH]c(-c2cccnc2)n1)Nc1ccc2c(c1)CCc1ccc(F)cc1O2. The monoisotopic (exact) mass is 449 g/mol. The first kappa shape index (κ1) is 20.5. The molecule has 0 saturated heterocycles. The number of rotatable bonds is 6. The Labute approximate surface area is 188 Å². The number of anilines is 1. The Hall–Kier alpha value is -3.43. The van der Waals surface area contributed by atoms with Gasteiger partial charge in [-0.3, -0.25) is 10.1 Å². The van der Waals surface area contributed by atoms with Crippen molar-refractivity contribution >= 4 is 17.4 Å². The molecule has 2 aromatic carbocycles. The predicted octanol–water partition coefficient (Wildman–Crippen LogP) is 4.42. The first-order chi connectivity index (χ1) is 15.6. The third kappa shape index (κ3) is 4.58. The van der Waals surface area contributed by atoms with E-state index in [2.05, 4.69) is 25.5 Å². The summed E-state index contributed by atoms with van der Waals surface area (Å²) in [5.41, 5.74) is 3.61. The molecule has 1 aliphatic rings. The van der Waals surface area contributed by atoms with E-state index in [1.165, 1.54) is 23.9 Å². The van der Waals surface area contributed by atoms with E-state index >= 15 is 0 Å². The highest BCUT2D eigenvalue weighted by molar-refractivity contribution is 7.99. The van der Waals surface area contributed by atoms with Crippen molar-refractivity contribution in [2.24, 2.45) is 0 Å². The van der Waals surface area contributed by atoms with Gasteiger partial charge in [0, 0.05) is 35.5 Å². The summed E-state index contributed by atoms with van der Waals surface area (Å²) in [5.74, 6) is 1.94. The topological polar surface area (TPSA) is 96.0 Å². The lowest BCUT2D eigenvalue weighted by atomic mass is 10.0. The van der Waals surface area contributed by atoms with Gasteiger partial charge in [0.15, 0.2) is 5.82 Å². The van der Waals surface area contributed by atoms with Gasteiger partial charge in [-0.25, -0.2) is 9.37 Å². The molecule has 0 saturated carbocycles. The van der Waals surface area contributed by atoms with E-state index in [9.17, 15) is 9.50 Å². The lowest BCUT2D eigenvalue weighted by molar-refractivity contribution is 0.229. The minimum absolute atomic E-state index is 0.315. The molecule has 5 rings (SSSR count). The van der Waals surface area contributed by atoms with Crippen molar-refractivity contribution in [1.82, 2.24) is 20.2 Å². The number of aliphatic hydroxyl groups excluding tert-OH is 1. The number of benzene rings is 2. The number of aryl methyl sites for hydroxylation is 2. The van der Waals surface area contributed by atoms with Gasteiger partial charge in [0.05, 0.1) is 0 Å². The third-order valence-corrected chi connectivity index (χ3v) is 6.00. The van der Waals surface area contributed by atoms with Crippen LogP contribution in [-0.2, 0) is 12.8 Å². The van der Waals surface area contributed by atoms with E-state index in [4.69, 9.17) is 4.74 Å². The van der Waals surface area contributed by atoms with Crippen molar-refractivity contribution in [3.05, 3.63) is 77.9 Å². The number of H-pyrrole nitrogens is 1. The lowest BCUT2D eigenvalue weighted by Gasteiger charge is -2.15. The normalized spacial score (nSPS) is 13.4. The van der Waals surface area contributed by atoms with Crippen LogP contribution in [0, 0.1) is 5.82 Å². The quantitative estimate of drug-likeness (QED) is 0.296. The highest BCUT2D eigenvalue weighted by Crippen LogP contribution is 2.35. The number of nitrogens with zero attached hydrogens (tertiary/aromatic N) is 3. The summed E-state index contributed by atoms with van der Waals surface area (Å²) in [6.07, 6.45) is 4.14. The Morgan fingerprint density at radius 3 is 2.91 bits per heavy atom. The number of nitrogens with one attached hydrogen (secondary N) is 2. The van der Waals surface area contributed by atoms with E-state index in [0.717, 1.165) is 35.2 Å². The molecule has 0 aliphatic carbocycles. The summed E-state index contributed by atoms with van der Waals surface area (Å²) in [7, 11) is 0. The van der Waals surface area contributed by atoms with Gasteiger partial charge < -0.3 is 15.2 Å². The van der Waals surface area contributed by atoms with Crippen LogP contribution in [0.3, 0.4) is 0 Å². The number of fused-ring (bicyclic) bond motifs is 2. The average Bonchev–Trinajstić information content (AvgIpc) is 3.21. The molecular formula is C23H20FN5O2S. The number of aromatic amines is 1. The van der Waals surface area contributed by atoms with Crippen molar-refractivity contribution in [2.75, 3.05) is 11.1 Å². The number of pyridine rings is 1. The first-order valence-electron chi connectivity index (χ1n) is 10.1. The minimum Gasteiger partial charge on any atom is -0.457 e. The molecule has 3 heterocycles. The molecule has 0 radical (unpaired) electrons. The van der Waals surface area contributed by atoms with Crippen LogP contribution < -0.4 is 10.1 Å². The van der Waals surface area contributed by atoms with Gasteiger partial charge in [0.2, 0.25) is 5.16 Å². The third-order valence-electron chi connectivity index (χ3n) is 5.08. The molecule has 0 fully saturated rings. The molecule has 2 aromatic heterocycles. The Morgan fingerprint density at radius 2 is 2.03 bits per heavy atom. The fourth-order valence-electron chi connectivity index (χ4n) is 3.51. The van der Waals surface area contributed by atoms with E-state index in [1.807, 2.05) is 30.3 Å². The smallest absolute Gasteiger partial charge is 0.208 e. The molecule has 32 heavy (non-hydrogen) atoms. The summed E-state index contributed by atoms with van der Waals surface area (Å²) in [6, 6.07) is 14.0. The highest BCUT2D eigenvalue weighted by Gasteiger charge is 2.17. The van der Waals surface area contributed by atoms with Crippen molar-refractivity contribution in [1.29, 1.82) is 0 Å². The van der Waals surface area contributed by atoms with Crippen molar-refractivity contribution < 1.29 is 14.2 Å². The van der Waals surface area contributed by atoms with Crippen molar-refractivity contribution in [2.45, 2.75) is 24.2 Å². The lowest BCUT2D eigenvalue weighted by Crippen LogP contribution is -2.21. The van der Waals surface area contributed by atoms with Crippen LogP contribution in [0.1, 0.15) is 11.1 Å². The number of thioether (sulfide) groups is 1. The second-order valence-corrected chi connectivity index (χ2v) is 8.34. The van der Waals surface area contributed by atoms with Crippen molar-refractivity contribution in [3.63, 3.8) is 0 Å². The van der Waals surface area contributed by atoms with Crippen LogP contribution in [0.25, 0.3) is 11.4 Å². The van der Waals surface area contributed by atoms with Gasteiger partial charge >= 0.3 is 0 Å². The highest BCUT2D eigenvalue weighted by atomic mass is 32.2. The van der Waals surface area contributed by atoms with Crippen LogP contribution in [0.4, 0.5) is 10.1 Å². The number of hydrogen-bond acceptors (Lipinski definition) is 7.